The van der Waals surface area contributed by atoms with E-state index in [9.17, 15) is 0 Å². The van der Waals surface area contributed by atoms with Crippen LogP contribution in [0.15, 0.2) is 0 Å². The van der Waals surface area contributed by atoms with Crippen LogP contribution in [0.4, 0.5) is 0 Å². The highest BCUT2D eigenvalue weighted by Crippen LogP contribution is 2.00. The topological polar surface area (TPSA) is 20.2 Å². The van der Waals surface area contributed by atoms with Crippen LogP contribution in [0.3, 0.4) is 0 Å². The molecule has 0 bridgehead atoms. The summed E-state index contributed by atoms with van der Waals surface area (Å²) in [6, 6.07) is 0. The van der Waals surface area contributed by atoms with E-state index in [2.05, 4.69) is 6.42 Å². The predicted molar refractivity (Wildman–Crippen MR) is 30.8 cm³/mol. The Balaban J connectivity index is 2.83. The standard InChI is InChI=1S/C6H13O/c1-3-4-6(2)5-7/h3,6-7H,4-5H2,1-2H3/t6-/m1/s1. The molecule has 0 rings (SSSR count). The van der Waals surface area contributed by atoms with E-state index in [1.54, 1.807) is 0 Å². The molecule has 1 radical (unpaired) electrons. The molecule has 0 aliphatic carbocycles. The summed E-state index contributed by atoms with van der Waals surface area (Å²) < 4.78 is 0. The van der Waals surface area contributed by atoms with Crippen LogP contribution in [-0.4, -0.2) is 11.7 Å². The summed E-state index contributed by atoms with van der Waals surface area (Å²) in [7, 11) is 0. The van der Waals surface area contributed by atoms with Gasteiger partial charge in [0, 0.05) is 6.61 Å². The highest BCUT2D eigenvalue weighted by atomic mass is 16.3. The van der Waals surface area contributed by atoms with Crippen LogP contribution in [0, 0.1) is 12.3 Å². The largest absolute Gasteiger partial charge is 0.396 e. The SMILES string of the molecule is C[CH]C[C@@H](C)CO. The van der Waals surface area contributed by atoms with Gasteiger partial charge in [0.25, 0.3) is 0 Å². The maximum absolute atomic E-state index is 8.45. The van der Waals surface area contributed by atoms with Gasteiger partial charge in [0.1, 0.15) is 0 Å². The average Bonchev–Trinajstić information content (AvgIpc) is 1.68. The lowest BCUT2D eigenvalue weighted by Gasteiger charge is -2.01. The monoisotopic (exact) mass is 101 g/mol. The average molecular weight is 101 g/mol. The zero-order valence-electron chi connectivity index (χ0n) is 5.02. The Morgan fingerprint density at radius 1 is 1.71 bits per heavy atom. The molecule has 0 aromatic rings. The Labute approximate surface area is 45.4 Å². The third-order valence-corrected chi connectivity index (χ3v) is 0.950. The molecule has 0 saturated heterocycles. The van der Waals surface area contributed by atoms with Crippen molar-refractivity contribution < 1.29 is 5.11 Å². The molecule has 0 fully saturated rings. The van der Waals surface area contributed by atoms with Crippen molar-refractivity contribution in [2.24, 2.45) is 5.92 Å². The fourth-order valence-electron chi connectivity index (χ4n) is 0.477. The molecule has 0 amide bonds. The highest BCUT2D eigenvalue weighted by Gasteiger charge is 1.94. The molecule has 1 nitrogen and oxygen atoms in total. The molecule has 0 aromatic heterocycles. The molecule has 0 aliphatic heterocycles. The van der Waals surface area contributed by atoms with Crippen LogP contribution in [0.5, 0.6) is 0 Å². The van der Waals surface area contributed by atoms with Gasteiger partial charge >= 0.3 is 0 Å². The third-order valence-electron chi connectivity index (χ3n) is 0.950. The van der Waals surface area contributed by atoms with Crippen LogP contribution in [0.1, 0.15) is 20.3 Å². The minimum Gasteiger partial charge on any atom is -0.396 e. The van der Waals surface area contributed by atoms with E-state index in [4.69, 9.17) is 5.11 Å². The fraction of sp³-hybridized carbons (Fsp3) is 0.833. The van der Waals surface area contributed by atoms with Gasteiger partial charge in [-0.25, -0.2) is 0 Å². The summed E-state index contributed by atoms with van der Waals surface area (Å²) in [5, 5.41) is 8.45. The number of hydrogen-bond acceptors (Lipinski definition) is 1. The van der Waals surface area contributed by atoms with Crippen LogP contribution in [-0.2, 0) is 0 Å². The number of aliphatic hydroxyl groups excluding tert-OH is 1. The Bertz CT molecular complexity index is 35.2. The fourth-order valence-corrected chi connectivity index (χ4v) is 0.477. The molecule has 0 spiro atoms. The third kappa shape index (κ3) is 3.80. The van der Waals surface area contributed by atoms with Crippen LogP contribution < -0.4 is 0 Å². The van der Waals surface area contributed by atoms with E-state index < -0.39 is 0 Å². The summed E-state index contributed by atoms with van der Waals surface area (Å²) in [4.78, 5) is 0. The van der Waals surface area contributed by atoms with Crippen LogP contribution in [0.2, 0.25) is 0 Å². The van der Waals surface area contributed by atoms with Crippen molar-refractivity contribution in [3.8, 4) is 0 Å². The lowest BCUT2D eigenvalue weighted by Crippen LogP contribution is -1.98. The van der Waals surface area contributed by atoms with Crippen molar-refractivity contribution in [1.29, 1.82) is 0 Å². The van der Waals surface area contributed by atoms with Crippen molar-refractivity contribution in [1.82, 2.24) is 0 Å². The lowest BCUT2D eigenvalue weighted by molar-refractivity contribution is 0.236. The first-order valence-electron chi connectivity index (χ1n) is 2.70. The van der Waals surface area contributed by atoms with Gasteiger partial charge < -0.3 is 5.11 Å². The first-order valence-corrected chi connectivity index (χ1v) is 2.70. The predicted octanol–water partition coefficient (Wildman–Crippen LogP) is 1.23. The van der Waals surface area contributed by atoms with Crippen molar-refractivity contribution in [3.63, 3.8) is 0 Å². The summed E-state index contributed by atoms with van der Waals surface area (Å²) in [6.07, 6.45) is 3.09. The van der Waals surface area contributed by atoms with Gasteiger partial charge in [-0.3, -0.25) is 0 Å². The van der Waals surface area contributed by atoms with Gasteiger partial charge in [0.05, 0.1) is 0 Å². The molecule has 0 saturated carbocycles. The molecule has 1 N–H and O–H groups in total. The van der Waals surface area contributed by atoms with Crippen molar-refractivity contribution in [3.05, 3.63) is 6.42 Å². The summed E-state index contributed by atoms with van der Waals surface area (Å²) in [5.74, 6) is 0.449. The molecule has 43 valence electrons. The van der Waals surface area contributed by atoms with Gasteiger partial charge in [-0.2, -0.15) is 0 Å². The molecule has 1 atom stereocenters. The van der Waals surface area contributed by atoms with E-state index in [0.29, 0.717) is 12.5 Å². The Morgan fingerprint density at radius 3 is 2.43 bits per heavy atom. The summed E-state index contributed by atoms with van der Waals surface area (Å²) >= 11 is 0. The number of aliphatic hydroxyl groups is 1. The normalized spacial score (nSPS) is 14.1. The first-order chi connectivity index (χ1) is 3.31. The van der Waals surface area contributed by atoms with Crippen LogP contribution in [0.25, 0.3) is 0 Å². The van der Waals surface area contributed by atoms with E-state index in [-0.39, 0.29) is 0 Å². The quantitative estimate of drug-likeness (QED) is 0.567. The number of rotatable bonds is 3. The minimum absolute atomic E-state index is 0.310. The Morgan fingerprint density at radius 2 is 2.29 bits per heavy atom. The molecule has 1 heteroatoms. The second-order valence-corrected chi connectivity index (χ2v) is 1.93. The van der Waals surface area contributed by atoms with Gasteiger partial charge in [-0.05, 0) is 18.8 Å². The molecular formula is C6H13O. The van der Waals surface area contributed by atoms with E-state index >= 15 is 0 Å². The zero-order valence-corrected chi connectivity index (χ0v) is 5.02. The highest BCUT2D eigenvalue weighted by molar-refractivity contribution is 4.60. The molecule has 0 aliphatic rings. The van der Waals surface area contributed by atoms with Crippen molar-refractivity contribution >= 4 is 0 Å². The smallest absolute Gasteiger partial charge is 0.0456 e. The summed E-state index contributed by atoms with van der Waals surface area (Å²) in [6.45, 7) is 4.34. The number of hydrogen-bond donors (Lipinski definition) is 1. The molecule has 0 heterocycles. The second kappa shape index (κ2) is 4.13. The van der Waals surface area contributed by atoms with Crippen molar-refractivity contribution in [2.45, 2.75) is 20.3 Å². The van der Waals surface area contributed by atoms with E-state index in [0.717, 1.165) is 6.42 Å². The van der Waals surface area contributed by atoms with E-state index in [1.165, 1.54) is 0 Å². The van der Waals surface area contributed by atoms with Gasteiger partial charge in [0.15, 0.2) is 0 Å². The summed E-state index contributed by atoms with van der Waals surface area (Å²) in [5.41, 5.74) is 0. The Kier molecular flexibility index (Phi) is 4.10. The Hall–Kier alpha value is -0.0400. The molecule has 0 aromatic carbocycles. The van der Waals surface area contributed by atoms with Crippen LogP contribution >= 0.6 is 0 Å². The molecule has 0 unspecified atom stereocenters. The molecular weight excluding hydrogens is 88.1 g/mol. The second-order valence-electron chi connectivity index (χ2n) is 1.93. The van der Waals surface area contributed by atoms with Crippen molar-refractivity contribution in [2.75, 3.05) is 6.61 Å². The first kappa shape index (κ1) is 6.96. The van der Waals surface area contributed by atoms with E-state index in [1.807, 2.05) is 13.8 Å². The lowest BCUT2D eigenvalue weighted by atomic mass is 10.1. The maximum Gasteiger partial charge on any atom is 0.0456 e. The van der Waals surface area contributed by atoms with Gasteiger partial charge in [-0.15, -0.1) is 0 Å². The minimum atomic E-state index is 0.310. The molecule has 7 heavy (non-hydrogen) atoms. The van der Waals surface area contributed by atoms with Gasteiger partial charge in [0.2, 0.25) is 0 Å². The zero-order chi connectivity index (χ0) is 5.70. The maximum atomic E-state index is 8.45. The van der Waals surface area contributed by atoms with Gasteiger partial charge in [-0.1, -0.05) is 13.8 Å².